The molecule has 1 saturated heterocycles. The molecule has 0 radical (unpaired) electrons. The van der Waals surface area contributed by atoms with E-state index in [2.05, 4.69) is 10.1 Å². The van der Waals surface area contributed by atoms with Gasteiger partial charge in [-0.3, -0.25) is 4.79 Å². The van der Waals surface area contributed by atoms with Gasteiger partial charge in [0.25, 0.3) is 5.91 Å². The molecule has 1 saturated carbocycles. The van der Waals surface area contributed by atoms with Crippen LogP contribution < -0.4 is 0 Å². The third kappa shape index (κ3) is 2.36. The van der Waals surface area contributed by atoms with Crippen LogP contribution in [0.25, 0.3) is 5.82 Å². The minimum atomic E-state index is -0.916. The van der Waals surface area contributed by atoms with Crippen LogP contribution in [0.2, 0.25) is 0 Å². The Morgan fingerprint density at radius 2 is 2.08 bits per heavy atom. The van der Waals surface area contributed by atoms with Crippen molar-refractivity contribution in [2.75, 3.05) is 6.54 Å². The standard InChI is InChI=1S/C17H18N4O3/c22-16(13-6-2-7-14(19-13)21-9-3-8-18-21)20-10-11-4-1-5-12(11)15(20)17(23)24/h2-3,6-9,11-12,15H,1,4-5,10H2,(H,23,24)/t11-,12-,15-/m0/s1. The number of rotatable bonds is 3. The summed E-state index contributed by atoms with van der Waals surface area (Å²) in [5.74, 6) is -0.325. The van der Waals surface area contributed by atoms with E-state index in [9.17, 15) is 14.7 Å². The van der Waals surface area contributed by atoms with E-state index in [4.69, 9.17) is 0 Å². The second kappa shape index (κ2) is 5.74. The zero-order chi connectivity index (χ0) is 16.7. The maximum atomic E-state index is 12.9. The molecule has 2 fully saturated rings. The Morgan fingerprint density at radius 1 is 1.21 bits per heavy atom. The summed E-state index contributed by atoms with van der Waals surface area (Å²) in [7, 11) is 0. The van der Waals surface area contributed by atoms with E-state index in [1.807, 2.05) is 0 Å². The van der Waals surface area contributed by atoms with Gasteiger partial charge < -0.3 is 10.0 Å². The molecule has 2 aromatic rings. The van der Waals surface area contributed by atoms with Crippen LogP contribution in [0.1, 0.15) is 29.8 Å². The van der Waals surface area contributed by atoms with Gasteiger partial charge in [-0.1, -0.05) is 12.5 Å². The first-order valence-electron chi connectivity index (χ1n) is 8.16. The summed E-state index contributed by atoms with van der Waals surface area (Å²) in [6, 6.07) is 6.17. The van der Waals surface area contributed by atoms with Gasteiger partial charge in [-0.25, -0.2) is 14.5 Å². The maximum Gasteiger partial charge on any atom is 0.326 e. The van der Waals surface area contributed by atoms with Gasteiger partial charge in [0.15, 0.2) is 5.82 Å². The molecule has 7 heteroatoms. The molecule has 2 aromatic heterocycles. The Labute approximate surface area is 138 Å². The summed E-state index contributed by atoms with van der Waals surface area (Å²) in [5.41, 5.74) is 0.259. The Balaban J connectivity index is 1.64. The lowest BCUT2D eigenvalue weighted by molar-refractivity contribution is -0.142. The predicted molar refractivity (Wildman–Crippen MR) is 84.7 cm³/mol. The average molecular weight is 326 g/mol. The molecule has 0 unspecified atom stereocenters. The van der Waals surface area contributed by atoms with Crippen LogP contribution in [0.5, 0.6) is 0 Å². The van der Waals surface area contributed by atoms with E-state index in [1.54, 1.807) is 41.3 Å². The summed E-state index contributed by atoms with van der Waals surface area (Å²) in [6.45, 7) is 0.508. The van der Waals surface area contributed by atoms with Crippen molar-refractivity contribution in [3.05, 3.63) is 42.4 Å². The first-order chi connectivity index (χ1) is 11.6. The molecule has 0 bridgehead atoms. The van der Waals surface area contributed by atoms with Crippen molar-refractivity contribution < 1.29 is 14.7 Å². The third-order valence-electron chi connectivity index (χ3n) is 5.10. The van der Waals surface area contributed by atoms with Crippen molar-refractivity contribution in [3.63, 3.8) is 0 Å². The highest BCUT2D eigenvalue weighted by Gasteiger charge is 2.49. The number of hydrogen-bond acceptors (Lipinski definition) is 4. The van der Waals surface area contributed by atoms with Gasteiger partial charge in [0.05, 0.1) is 0 Å². The Morgan fingerprint density at radius 3 is 2.83 bits per heavy atom. The minimum Gasteiger partial charge on any atom is -0.480 e. The monoisotopic (exact) mass is 326 g/mol. The Kier molecular flexibility index (Phi) is 3.55. The molecule has 3 atom stereocenters. The van der Waals surface area contributed by atoms with Crippen LogP contribution in [0.4, 0.5) is 0 Å². The molecule has 7 nitrogen and oxygen atoms in total. The summed E-state index contributed by atoms with van der Waals surface area (Å²) in [6.07, 6.45) is 6.31. The van der Waals surface area contributed by atoms with Crippen molar-refractivity contribution in [2.45, 2.75) is 25.3 Å². The maximum absolute atomic E-state index is 12.9. The number of carbonyl (C=O) groups is 2. The largest absolute Gasteiger partial charge is 0.480 e. The van der Waals surface area contributed by atoms with Crippen LogP contribution >= 0.6 is 0 Å². The molecule has 1 aliphatic heterocycles. The van der Waals surface area contributed by atoms with Crippen LogP contribution in [0.15, 0.2) is 36.7 Å². The van der Waals surface area contributed by atoms with E-state index in [0.29, 0.717) is 18.3 Å². The molecule has 24 heavy (non-hydrogen) atoms. The third-order valence-corrected chi connectivity index (χ3v) is 5.10. The average Bonchev–Trinajstić information content (AvgIpc) is 3.30. The number of carboxylic acid groups (broad SMARTS) is 1. The fraction of sp³-hybridized carbons (Fsp3) is 0.412. The lowest BCUT2D eigenvalue weighted by Crippen LogP contribution is -2.43. The number of fused-ring (bicyclic) bond motifs is 1. The number of hydrogen-bond donors (Lipinski definition) is 1. The zero-order valence-corrected chi connectivity index (χ0v) is 13.1. The molecule has 1 aliphatic carbocycles. The SMILES string of the molecule is O=C(O)[C@@H]1[C@H]2CCC[C@H]2CN1C(=O)c1cccc(-n2cccn2)n1. The number of carboxylic acids is 1. The zero-order valence-electron chi connectivity index (χ0n) is 13.1. The van der Waals surface area contributed by atoms with Gasteiger partial charge >= 0.3 is 5.97 Å². The van der Waals surface area contributed by atoms with Gasteiger partial charge in [-0.15, -0.1) is 0 Å². The molecule has 1 amide bonds. The van der Waals surface area contributed by atoms with Gasteiger partial charge in [-0.05, 0) is 42.9 Å². The number of amides is 1. The molecular weight excluding hydrogens is 308 g/mol. The number of carbonyl (C=O) groups excluding carboxylic acids is 1. The van der Waals surface area contributed by atoms with Crippen molar-refractivity contribution in [1.29, 1.82) is 0 Å². The number of nitrogens with zero attached hydrogens (tertiary/aromatic N) is 4. The summed E-state index contributed by atoms with van der Waals surface area (Å²) < 4.78 is 1.57. The lowest BCUT2D eigenvalue weighted by atomic mass is 9.94. The van der Waals surface area contributed by atoms with Crippen LogP contribution in [-0.4, -0.2) is 49.2 Å². The fourth-order valence-corrected chi connectivity index (χ4v) is 4.05. The smallest absolute Gasteiger partial charge is 0.326 e. The van der Waals surface area contributed by atoms with Crippen molar-refractivity contribution in [3.8, 4) is 5.82 Å². The fourth-order valence-electron chi connectivity index (χ4n) is 4.05. The molecular formula is C17H18N4O3. The minimum absolute atomic E-state index is 0.0701. The van der Waals surface area contributed by atoms with Gasteiger partial charge in [0, 0.05) is 18.9 Å². The summed E-state index contributed by atoms with van der Waals surface area (Å²) in [5, 5.41) is 13.7. The van der Waals surface area contributed by atoms with Crippen LogP contribution in [-0.2, 0) is 4.79 Å². The topological polar surface area (TPSA) is 88.3 Å². The Bertz CT molecular complexity index is 774. The highest BCUT2D eigenvalue weighted by Crippen LogP contribution is 2.42. The van der Waals surface area contributed by atoms with Crippen LogP contribution in [0.3, 0.4) is 0 Å². The van der Waals surface area contributed by atoms with Gasteiger partial charge in [0.2, 0.25) is 0 Å². The quantitative estimate of drug-likeness (QED) is 0.925. The number of aromatic nitrogens is 3. The molecule has 3 heterocycles. The first-order valence-corrected chi connectivity index (χ1v) is 8.16. The predicted octanol–water partition coefficient (Wildman–Crippen LogP) is 1.59. The molecule has 124 valence electrons. The number of likely N-dealkylation sites (tertiary alicyclic amines) is 1. The van der Waals surface area contributed by atoms with Gasteiger partial charge in [0.1, 0.15) is 11.7 Å². The lowest BCUT2D eigenvalue weighted by Gasteiger charge is -2.24. The van der Waals surface area contributed by atoms with Crippen molar-refractivity contribution >= 4 is 11.9 Å². The second-order valence-electron chi connectivity index (χ2n) is 6.43. The molecule has 0 aromatic carbocycles. The van der Waals surface area contributed by atoms with E-state index in [0.717, 1.165) is 19.3 Å². The van der Waals surface area contributed by atoms with E-state index in [1.165, 1.54) is 4.90 Å². The Hall–Kier alpha value is -2.70. The summed E-state index contributed by atoms with van der Waals surface area (Å²) in [4.78, 5) is 30.5. The molecule has 1 N–H and O–H groups in total. The molecule has 2 aliphatic rings. The molecule has 0 spiro atoms. The number of pyridine rings is 1. The number of aliphatic carboxylic acids is 1. The van der Waals surface area contributed by atoms with Crippen molar-refractivity contribution in [2.24, 2.45) is 11.8 Å². The van der Waals surface area contributed by atoms with E-state index < -0.39 is 12.0 Å². The van der Waals surface area contributed by atoms with Crippen LogP contribution in [0, 0.1) is 11.8 Å². The second-order valence-corrected chi connectivity index (χ2v) is 6.43. The normalized spacial score (nSPS) is 25.7. The summed E-state index contributed by atoms with van der Waals surface area (Å²) >= 11 is 0. The highest BCUT2D eigenvalue weighted by molar-refractivity contribution is 5.95. The molecule has 4 rings (SSSR count). The van der Waals surface area contributed by atoms with E-state index >= 15 is 0 Å². The van der Waals surface area contributed by atoms with Crippen molar-refractivity contribution in [1.82, 2.24) is 19.7 Å². The highest BCUT2D eigenvalue weighted by atomic mass is 16.4. The van der Waals surface area contributed by atoms with Gasteiger partial charge in [-0.2, -0.15) is 5.10 Å². The first kappa shape index (κ1) is 14.9. The van der Waals surface area contributed by atoms with E-state index in [-0.39, 0.29) is 17.5 Å².